The molecule has 0 heterocycles. The summed E-state index contributed by atoms with van der Waals surface area (Å²) in [6, 6.07) is 18.9. The van der Waals surface area contributed by atoms with E-state index in [2.05, 4.69) is 58.2 Å². The second-order valence-electron chi connectivity index (χ2n) is 9.29. The largest absolute Gasteiger partial charge is 0.493 e. The molecule has 0 atom stereocenters. The van der Waals surface area contributed by atoms with E-state index in [0.717, 1.165) is 5.56 Å². The fraction of sp³-hybridized carbons (Fsp3) is 0.214. The maximum Gasteiger partial charge on any atom is 0.269 e. The van der Waals surface area contributed by atoms with Crippen molar-refractivity contribution in [3.8, 4) is 5.75 Å². The Hall–Kier alpha value is -3.76. The Kier molecular flexibility index (Phi) is 9.60. The molecule has 198 valence electrons. The lowest BCUT2D eigenvalue weighted by molar-refractivity contribution is 0.0933. The molecule has 10 heteroatoms. The Morgan fingerprint density at radius 2 is 1.45 bits per heavy atom. The molecule has 0 unspecified atom stereocenters. The van der Waals surface area contributed by atoms with Crippen molar-refractivity contribution in [2.45, 2.75) is 33.1 Å². The molecule has 0 saturated carbocycles. The highest BCUT2D eigenvalue weighted by Crippen LogP contribution is 2.24. The van der Waals surface area contributed by atoms with Gasteiger partial charge in [-0.2, -0.15) is 0 Å². The maximum absolute atomic E-state index is 12.6. The SMILES string of the molecule is CCOc1ccc(Br)cc1C(=O)NC(=S)NNC(=O)c1ccc(NC(=O)c2ccc(C(C)(C)C)cc2)cc1. The van der Waals surface area contributed by atoms with E-state index in [4.69, 9.17) is 17.0 Å². The molecule has 0 aliphatic carbocycles. The van der Waals surface area contributed by atoms with Gasteiger partial charge in [-0.05, 0) is 84.7 Å². The Morgan fingerprint density at radius 1 is 0.842 bits per heavy atom. The number of halogens is 1. The van der Waals surface area contributed by atoms with Crippen LogP contribution in [0.1, 0.15) is 64.3 Å². The number of amides is 3. The summed E-state index contributed by atoms with van der Waals surface area (Å²) < 4.78 is 6.19. The molecule has 0 saturated heterocycles. The van der Waals surface area contributed by atoms with Crippen molar-refractivity contribution in [3.05, 3.63) is 93.5 Å². The molecule has 4 N–H and O–H groups in total. The van der Waals surface area contributed by atoms with Gasteiger partial charge in [-0.1, -0.05) is 48.8 Å². The summed E-state index contributed by atoms with van der Waals surface area (Å²) in [5.74, 6) is -0.804. The van der Waals surface area contributed by atoms with Crippen molar-refractivity contribution in [1.29, 1.82) is 0 Å². The van der Waals surface area contributed by atoms with Crippen LogP contribution in [-0.4, -0.2) is 29.4 Å². The highest BCUT2D eigenvalue weighted by atomic mass is 79.9. The number of hydrazine groups is 1. The second kappa shape index (κ2) is 12.7. The van der Waals surface area contributed by atoms with Gasteiger partial charge in [0.1, 0.15) is 5.75 Å². The Labute approximate surface area is 235 Å². The summed E-state index contributed by atoms with van der Waals surface area (Å²) in [6.45, 7) is 8.55. The van der Waals surface area contributed by atoms with E-state index in [9.17, 15) is 14.4 Å². The number of anilines is 1. The Morgan fingerprint density at radius 3 is 2.05 bits per heavy atom. The fourth-order valence-electron chi connectivity index (χ4n) is 3.38. The Balaban J connectivity index is 1.52. The molecule has 0 aliphatic rings. The maximum atomic E-state index is 12.6. The number of thiocarbonyl (C=S) groups is 1. The van der Waals surface area contributed by atoms with Crippen molar-refractivity contribution in [2.75, 3.05) is 11.9 Å². The van der Waals surface area contributed by atoms with E-state index in [1.54, 1.807) is 54.6 Å². The van der Waals surface area contributed by atoms with E-state index in [1.807, 2.05) is 19.1 Å². The standard InChI is InChI=1S/C28H29BrN4O4S/c1-5-37-23-15-12-20(29)16-22(23)26(36)31-27(38)33-32-25(35)18-8-13-21(14-9-18)30-24(34)17-6-10-19(11-7-17)28(2,3)4/h6-16H,5H2,1-4H3,(H,30,34)(H,32,35)(H2,31,33,36,38). The van der Waals surface area contributed by atoms with Crippen LogP contribution in [0.2, 0.25) is 0 Å². The average Bonchev–Trinajstić information content (AvgIpc) is 2.88. The van der Waals surface area contributed by atoms with E-state index >= 15 is 0 Å². The molecular formula is C28H29BrN4O4S. The summed E-state index contributed by atoms with van der Waals surface area (Å²) in [6.07, 6.45) is 0. The van der Waals surface area contributed by atoms with Gasteiger partial charge in [0.2, 0.25) is 0 Å². The monoisotopic (exact) mass is 596 g/mol. The van der Waals surface area contributed by atoms with E-state index in [1.165, 1.54) is 0 Å². The first-order valence-electron chi connectivity index (χ1n) is 11.8. The predicted molar refractivity (Wildman–Crippen MR) is 156 cm³/mol. The lowest BCUT2D eigenvalue weighted by Crippen LogP contribution is -2.48. The molecule has 3 aromatic rings. The minimum absolute atomic E-state index is 0.00201. The molecule has 0 fully saturated rings. The zero-order valence-corrected chi connectivity index (χ0v) is 23.9. The van der Waals surface area contributed by atoms with Gasteiger partial charge in [0, 0.05) is 21.3 Å². The quantitative estimate of drug-likeness (QED) is 0.226. The van der Waals surface area contributed by atoms with Gasteiger partial charge in [-0.15, -0.1) is 0 Å². The van der Waals surface area contributed by atoms with Gasteiger partial charge in [-0.3, -0.25) is 30.6 Å². The van der Waals surface area contributed by atoms with Crippen molar-refractivity contribution < 1.29 is 19.1 Å². The van der Waals surface area contributed by atoms with Crippen molar-refractivity contribution in [3.63, 3.8) is 0 Å². The molecule has 0 radical (unpaired) electrons. The van der Waals surface area contributed by atoms with Crippen LogP contribution in [0.4, 0.5) is 5.69 Å². The van der Waals surface area contributed by atoms with Crippen molar-refractivity contribution in [1.82, 2.24) is 16.2 Å². The second-order valence-corrected chi connectivity index (χ2v) is 10.6. The Bertz CT molecular complexity index is 1340. The van der Waals surface area contributed by atoms with Crippen LogP contribution in [-0.2, 0) is 5.41 Å². The van der Waals surface area contributed by atoms with Gasteiger partial charge < -0.3 is 10.1 Å². The first-order valence-corrected chi connectivity index (χ1v) is 13.0. The number of nitrogens with one attached hydrogen (secondary N) is 4. The van der Waals surface area contributed by atoms with Crippen LogP contribution in [0.5, 0.6) is 5.75 Å². The number of ether oxygens (including phenoxy) is 1. The molecule has 0 aliphatic heterocycles. The van der Waals surface area contributed by atoms with Gasteiger partial charge in [-0.25, -0.2) is 0 Å². The van der Waals surface area contributed by atoms with Gasteiger partial charge in [0.05, 0.1) is 12.2 Å². The van der Waals surface area contributed by atoms with Gasteiger partial charge in [0.25, 0.3) is 17.7 Å². The molecule has 0 bridgehead atoms. The van der Waals surface area contributed by atoms with Crippen LogP contribution in [0.3, 0.4) is 0 Å². The first kappa shape index (κ1) is 28.8. The van der Waals surface area contributed by atoms with Crippen LogP contribution < -0.4 is 26.2 Å². The summed E-state index contributed by atoms with van der Waals surface area (Å²) in [5, 5.41) is 5.23. The number of hydrogen-bond acceptors (Lipinski definition) is 5. The smallest absolute Gasteiger partial charge is 0.269 e. The highest BCUT2D eigenvalue weighted by Gasteiger charge is 2.16. The number of benzene rings is 3. The van der Waals surface area contributed by atoms with Gasteiger partial charge in [0.15, 0.2) is 5.11 Å². The number of rotatable bonds is 6. The average molecular weight is 598 g/mol. The number of hydrogen-bond donors (Lipinski definition) is 4. The highest BCUT2D eigenvalue weighted by molar-refractivity contribution is 9.10. The van der Waals surface area contributed by atoms with E-state index < -0.39 is 11.8 Å². The third kappa shape index (κ3) is 7.87. The van der Waals surface area contributed by atoms with Crippen molar-refractivity contribution in [2.24, 2.45) is 0 Å². The van der Waals surface area contributed by atoms with Crippen LogP contribution in [0.15, 0.2) is 71.2 Å². The van der Waals surface area contributed by atoms with E-state index in [-0.39, 0.29) is 16.4 Å². The lowest BCUT2D eigenvalue weighted by atomic mass is 9.87. The van der Waals surface area contributed by atoms with Crippen LogP contribution in [0.25, 0.3) is 0 Å². The topological polar surface area (TPSA) is 109 Å². The third-order valence-electron chi connectivity index (χ3n) is 5.42. The molecule has 8 nitrogen and oxygen atoms in total. The van der Waals surface area contributed by atoms with E-state index in [0.29, 0.717) is 39.2 Å². The van der Waals surface area contributed by atoms with Crippen LogP contribution >= 0.6 is 28.1 Å². The summed E-state index contributed by atoms with van der Waals surface area (Å²) in [7, 11) is 0. The molecule has 0 aromatic heterocycles. The fourth-order valence-corrected chi connectivity index (χ4v) is 3.88. The number of carbonyl (C=O) groups is 3. The first-order chi connectivity index (χ1) is 18.0. The summed E-state index contributed by atoms with van der Waals surface area (Å²) in [4.78, 5) is 37.7. The minimum Gasteiger partial charge on any atom is -0.493 e. The molecule has 38 heavy (non-hydrogen) atoms. The zero-order valence-electron chi connectivity index (χ0n) is 21.5. The minimum atomic E-state index is -0.491. The third-order valence-corrected chi connectivity index (χ3v) is 6.12. The predicted octanol–water partition coefficient (Wildman–Crippen LogP) is 5.35. The molecule has 3 amide bonds. The lowest BCUT2D eigenvalue weighted by Gasteiger charge is -2.19. The zero-order chi connectivity index (χ0) is 27.9. The normalized spacial score (nSPS) is 10.8. The molecule has 3 aromatic carbocycles. The van der Waals surface area contributed by atoms with Crippen LogP contribution in [0, 0.1) is 0 Å². The molecular weight excluding hydrogens is 568 g/mol. The number of carbonyl (C=O) groups excluding carboxylic acids is 3. The molecule has 0 spiro atoms. The van der Waals surface area contributed by atoms with Gasteiger partial charge >= 0.3 is 0 Å². The molecule has 3 rings (SSSR count). The summed E-state index contributed by atoms with van der Waals surface area (Å²) >= 11 is 8.46. The summed E-state index contributed by atoms with van der Waals surface area (Å²) in [5.41, 5.74) is 7.78. The van der Waals surface area contributed by atoms with Crippen molar-refractivity contribution >= 4 is 56.7 Å².